The normalized spacial score (nSPS) is 18.4. The fourth-order valence-electron chi connectivity index (χ4n) is 3.08. The molecule has 1 aromatic heterocycles. The van der Waals surface area contributed by atoms with E-state index in [1.165, 1.54) is 25.7 Å². The number of ketones is 1. The van der Waals surface area contributed by atoms with Gasteiger partial charge < -0.3 is 4.74 Å². The molecule has 1 aromatic rings. The zero-order valence-corrected chi connectivity index (χ0v) is 13.1. The summed E-state index contributed by atoms with van der Waals surface area (Å²) in [5, 5.41) is 4.57. The third-order valence-corrected chi connectivity index (χ3v) is 4.03. The quantitative estimate of drug-likeness (QED) is 0.831. The smallest absolute Gasteiger partial charge is 0.168 e. The van der Waals surface area contributed by atoms with Crippen LogP contribution < -0.4 is 0 Å². The minimum atomic E-state index is -0.376. The summed E-state index contributed by atoms with van der Waals surface area (Å²) in [6.07, 6.45) is 6.98. The third kappa shape index (κ3) is 3.48. The summed E-state index contributed by atoms with van der Waals surface area (Å²) >= 11 is 0. The van der Waals surface area contributed by atoms with Crippen LogP contribution >= 0.6 is 0 Å². The Bertz CT molecular complexity index is 453. The third-order valence-electron chi connectivity index (χ3n) is 4.03. The second kappa shape index (κ2) is 6.08. The van der Waals surface area contributed by atoms with Crippen LogP contribution in [0.4, 0.5) is 0 Å². The molecule has 0 saturated heterocycles. The molecule has 112 valence electrons. The molecule has 1 fully saturated rings. The highest BCUT2D eigenvalue weighted by molar-refractivity contribution is 5.85. The number of carbonyl (C=O) groups is 1. The highest BCUT2D eigenvalue weighted by Gasteiger charge is 2.31. The zero-order chi connectivity index (χ0) is 14.8. The van der Waals surface area contributed by atoms with Gasteiger partial charge in [0.2, 0.25) is 0 Å². The minimum Gasteiger partial charge on any atom is -0.373 e. The average molecular weight is 278 g/mol. The number of Topliss-reactive ketones (excluding diaryl/α,β-unsaturated/α-hetero) is 1. The number of hydrogen-bond acceptors (Lipinski definition) is 3. The van der Waals surface area contributed by atoms with Crippen molar-refractivity contribution in [1.82, 2.24) is 9.78 Å². The fourth-order valence-corrected chi connectivity index (χ4v) is 3.08. The van der Waals surface area contributed by atoms with E-state index in [9.17, 15) is 4.79 Å². The molecule has 0 bridgehead atoms. The van der Waals surface area contributed by atoms with E-state index in [4.69, 9.17) is 4.74 Å². The van der Waals surface area contributed by atoms with Gasteiger partial charge in [-0.05, 0) is 24.3 Å². The van der Waals surface area contributed by atoms with E-state index in [1.54, 1.807) is 7.11 Å². The van der Waals surface area contributed by atoms with Crippen molar-refractivity contribution >= 4 is 5.78 Å². The maximum absolute atomic E-state index is 12.3. The molecule has 1 heterocycles. The summed E-state index contributed by atoms with van der Waals surface area (Å²) in [7, 11) is 1.60. The lowest BCUT2D eigenvalue weighted by Gasteiger charge is -2.27. The van der Waals surface area contributed by atoms with Gasteiger partial charge in [0.15, 0.2) is 5.78 Å². The first kappa shape index (κ1) is 15.2. The molecular formula is C16H26N2O2. The number of hydrogen-bond donors (Lipinski definition) is 0. The van der Waals surface area contributed by atoms with E-state index in [2.05, 4.69) is 5.10 Å². The average Bonchev–Trinajstić information content (AvgIpc) is 2.96. The molecule has 1 unspecified atom stereocenters. The van der Waals surface area contributed by atoms with Gasteiger partial charge in [-0.1, -0.05) is 33.6 Å². The molecule has 0 radical (unpaired) electrons. The summed E-state index contributed by atoms with van der Waals surface area (Å²) in [5.41, 5.74) is 0.674. The van der Waals surface area contributed by atoms with Gasteiger partial charge in [0, 0.05) is 13.3 Å². The predicted octanol–water partition coefficient (Wildman–Crippen LogP) is 3.17. The summed E-state index contributed by atoms with van der Waals surface area (Å²) in [4.78, 5) is 12.3. The van der Waals surface area contributed by atoms with Gasteiger partial charge >= 0.3 is 0 Å². The molecule has 20 heavy (non-hydrogen) atoms. The Morgan fingerprint density at radius 3 is 2.65 bits per heavy atom. The molecule has 0 spiro atoms. The van der Waals surface area contributed by atoms with Crippen molar-refractivity contribution in [1.29, 1.82) is 0 Å². The highest BCUT2D eigenvalue weighted by Crippen LogP contribution is 2.29. The lowest BCUT2D eigenvalue weighted by Crippen LogP contribution is -2.37. The lowest BCUT2D eigenvalue weighted by atomic mass is 9.85. The van der Waals surface area contributed by atoms with Crippen LogP contribution in [-0.2, 0) is 16.0 Å². The molecule has 0 N–H and O–H groups in total. The van der Waals surface area contributed by atoms with Crippen LogP contribution in [0.1, 0.15) is 58.2 Å². The number of ether oxygens (including phenoxy) is 1. The van der Waals surface area contributed by atoms with E-state index < -0.39 is 0 Å². The van der Waals surface area contributed by atoms with Gasteiger partial charge in [0.25, 0.3) is 0 Å². The Kier molecular flexibility index (Phi) is 4.63. The Morgan fingerprint density at radius 1 is 1.45 bits per heavy atom. The molecular weight excluding hydrogens is 252 g/mol. The van der Waals surface area contributed by atoms with Crippen LogP contribution in [-0.4, -0.2) is 28.8 Å². The summed E-state index contributed by atoms with van der Waals surface area (Å²) in [5.74, 6) is 0.108. The monoisotopic (exact) mass is 278 g/mol. The van der Waals surface area contributed by atoms with Crippen molar-refractivity contribution in [2.75, 3.05) is 7.11 Å². The molecule has 1 aliphatic rings. The zero-order valence-electron chi connectivity index (χ0n) is 13.1. The predicted molar refractivity (Wildman–Crippen MR) is 78.7 cm³/mol. The van der Waals surface area contributed by atoms with Crippen LogP contribution in [0.15, 0.2) is 12.3 Å². The fraction of sp³-hybridized carbons (Fsp3) is 0.750. The molecule has 1 saturated carbocycles. The Morgan fingerprint density at radius 2 is 2.10 bits per heavy atom. The summed E-state index contributed by atoms with van der Waals surface area (Å²) < 4.78 is 7.41. The molecule has 1 atom stereocenters. The van der Waals surface area contributed by atoms with E-state index in [0.29, 0.717) is 12.5 Å². The van der Waals surface area contributed by atoms with Crippen molar-refractivity contribution in [2.24, 2.45) is 5.41 Å². The minimum absolute atomic E-state index is 0.108. The van der Waals surface area contributed by atoms with Crippen molar-refractivity contribution in [3.8, 4) is 0 Å². The molecule has 2 rings (SSSR count). The lowest BCUT2D eigenvalue weighted by molar-refractivity contribution is -0.134. The first-order valence-corrected chi connectivity index (χ1v) is 7.51. The molecule has 0 amide bonds. The second-order valence-electron chi connectivity index (χ2n) is 6.85. The van der Waals surface area contributed by atoms with Crippen molar-refractivity contribution in [3.63, 3.8) is 0 Å². The van der Waals surface area contributed by atoms with E-state index in [-0.39, 0.29) is 17.3 Å². The van der Waals surface area contributed by atoms with Crippen molar-refractivity contribution in [3.05, 3.63) is 18.0 Å². The van der Waals surface area contributed by atoms with Crippen LogP contribution in [0.5, 0.6) is 0 Å². The SMILES string of the molecule is COC(C(=O)Cc1ccn(C2CCCC2)n1)C(C)(C)C. The topological polar surface area (TPSA) is 44.1 Å². The molecule has 0 aromatic carbocycles. The molecule has 1 aliphatic carbocycles. The molecule has 4 heteroatoms. The van der Waals surface area contributed by atoms with E-state index in [0.717, 1.165) is 5.69 Å². The second-order valence-corrected chi connectivity index (χ2v) is 6.85. The number of aromatic nitrogens is 2. The summed E-state index contributed by atoms with van der Waals surface area (Å²) in [6, 6.07) is 2.49. The van der Waals surface area contributed by atoms with E-state index >= 15 is 0 Å². The van der Waals surface area contributed by atoms with Crippen LogP contribution in [0.3, 0.4) is 0 Å². The van der Waals surface area contributed by atoms with Gasteiger partial charge in [0.05, 0.1) is 18.2 Å². The largest absolute Gasteiger partial charge is 0.373 e. The van der Waals surface area contributed by atoms with Crippen LogP contribution in [0.2, 0.25) is 0 Å². The van der Waals surface area contributed by atoms with Gasteiger partial charge in [-0.3, -0.25) is 9.48 Å². The standard InChI is InChI=1S/C16H26N2O2/c1-16(2,3)15(20-4)14(19)11-12-9-10-18(17-12)13-7-5-6-8-13/h9-10,13,15H,5-8,11H2,1-4H3. The molecule has 0 aliphatic heterocycles. The van der Waals surface area contributed by atoms with Crippen molar-refractivity contribution < 1.29 is 9.53 Å². The maximum atomic E-state index is 12.3. The Balaban J connectivity index is 2.00. The number of nitrogens with zero attached hydrogens (tertiary/aromatic N) is 2. The number of rotatable bonds is 5. The van der Waals surface area contributed by atoms with E-state index in [1.807, 2.05) is 37.7 Å². The van der Waals surface area contributed by atoms with Crippen LogP contribution in [0, 0.1) is 5.41 Å². The Labute approximate surface area is 121 Å². The number of carbonyl (C=O) groups excluding carboxylic acids is 1. The van der Waals surface area contributed by atoms with Gasteiger partial charge in [0.1, 0.15) is 6.10 Å². The summed E-state index contributed by atoms with van der Waals surface area (Å²) in [6.45, 7) is 6.07. The highest BCUT2D eigenvalue weighted by atomic mass is 16.5. The van der Waals surface area contributed by atoms with Gasteiger partial charge in [-0.2, -0.15) is 5.10 Å². The van der Waals surface area contributed by atoms with Crippen molar-refractivity contribution in [2.45, 2.75) is 65.0 Å². The van der Waals surface area contributed by atoms with Gasteiger partial charge in [-0.25, -0.2) is 0 Å². The maximum Gasteiger partial charge on any atom is 0.168 e. The van der Waals surface area contributed by atoms with Gasteiger partial charge in [-0.15, -0.1) is 0 Å². The van der Waals surface area contributed by atoms with Crippen LogP contribution in [0.25, 0.3) is 0 Å². The molecule has 4 nitrogen and oxygen atoms in total. The first-order chi connectivity index (χ1) is 9.41. The number of methoxy groups -OCH3 is 1. The first-order valence-electron chi connectivity index (χ1n) is 7.51. The Hall–Kier alpha value is -1.16.